The summed E-state index contributed by atoms with van der Waals surface area (Å²) in [5, 5.41) is 23.1. The molecule has 0 saturated carbocycles. The minimum Gasteiger partial charge on any atom is -0.508 e. The first-order valence-electron chi connectivity index (χ1n) is 5.52. The number of phenolic OH excluding ortho intramolecular Hbond substituents is 1. The van der Waals surface area contributed by atoms with Crippen LogP contribution in [-0.2, 0) is 6.54 Å². The van der Waals surface area contributed by atoms with Gasteiger partial charge in [-0.15, -0.1) is 0 Å². The van der Waals surface area contributed by atoms with Crippen molar-refractivity contribution in [2.24, 2.45) is 0 Å². The number of halogens is 1. The SMILES string of the molecule is O=[N+]([O-])c1cc(NCc2ccc(O)cc2)ccc1Br. The molecular weight excluding hydrogens is 312 g/mol. The number of benzene rings is 2. The maximum absolute atomic E-state index is 10.8. The fraction of sp³-hybridized carbons (Fsp3) is 0.0769. The van der Waals surface area contributed by atoms with E-state index in [-0.39, 0.29) is 11.4 Å². The van der Waals surface area contributed by atoms with Gasteiger partial charge in [0.1, 0.15) is 5.75 Å². The molecule has 0 radical (unpaired) electrons. The number of rotatable bonds is 4. The average molecular weight is 323 g/mol. The predicted molar refractivity (Wildman–Crippen MR) is 76.2 cm³/mol. The highest BCUT2D eigenvalue weighted by atomic mass is 79.9. The molecule has 2 rings (SSSR count). The monoisotopic (exact) mass is 322 g/mol. The van der Waals surface area contributed by atoms with Crippen LogP contribution in [0.4, 0.5) is 11.4 Å². The van der Waals surface area contributed by atoms with Crippen molar-refractivity contribution in [3.63, 3.8) is 0 Å². The Morgan fingerprint density at radius 3 is 2.53 bits per heavy atom. The van der Waals surface area contributed by atoms with E-state index in [0.717, 1.165) is 5.56 Å². The number of hydrogen-bond donors (Lipinski definition) is 2. The Morgan fingerprint density at radius 2 is 1.89 bits per heavy atom. The molecule has 0 aromatic heterocycles. The Morgan fingerprint density at radius 1 is 1.21 bits per heavy atom. The summed E-state index contributed by atoms with van der Waals surface area (Å²) in [6.07, 6.45) is 0. The van der Waals surface area contributed by atoms with Crippen molar-refractivity contribution in [3.05, 3.63) is 62.6 Å². The van der Waals surface area contributed by atoms with Gasteiger partial charge < -0.3 is 10.4 Å². The summed E-state index contributed by atoms with van der Waals surface area (Å²) in [7, 11) is 0. The molecule has 19 heavy (non-hydrogen) atoms. The van der Waals surface area contributed by atoms with Gasteiger partial charge in [0.2, 0.25) is 0 Å². The minimum atomic E-state index is -0.435. The van der Waals surface area contributed by atoms with Gasteiger partial charge in [-0.05, 0) is 45.8 Å². The van der Waals surface area contributed by atoms with E-state index >= 15 is 0 Å². The van der Waals surface area contributed by atoms with Crippen LogP contribution in [0.15, 0.2) is 46.9 Å². The lowest BCUT2D eigenvalue weighted by atomic mass is 10.2. The van der Waals surface area contributed by atoms with Gasteiger partial charge in [-0.2, -0.15) is 0 Å². The predicted octanol–water partition coefficient (Wildman–Crippen LogP) is 3.68. The van der Waals surface area contributed by atoms with E-state index in [9.17, 15) is 10.1 Å². The summed E-state index contributed by atoms with van der Waals surface area (Å²) < 4.78 is 0.452. The highest BCUT2D eigenvalue weighted by molar-refractivity contribution is 9.10. The molecule has 0 aliphatic heterocycles. The molecule has 0 amide bonds. The van der Waals surface area contributed by atoms with E-state index in [1.165, 1.54) is 6.07 Å². The molecular formula is C13H11BrN2O3. The molecule has 2 aromatic carbocycles. The molecule has 98 valence electrons. The van der Waals surface area contributed by atoms with Crippen molar-refractivity contribution in [2.45, 2.75) is 6.54 Å². The summed E-state index contributed by atoms with van der Waals surface area (Å²) in [5.41, 5.74) is 1.67. The standard InChI is InChI=1S/C13H11BrN2O3/c14-12-6-3-10(7-13(12)16(18)19)15-8-9-1-4-11(17)5-2-9/h1-7,15,17H,8H2. The van der Waals surface area contributed by atoms with Crippen LogP contribution < -0.4 is 5.32 Å². The number of nitrogens with zero attached hydrogens (tertiary/aromatic N) is 1. The smallest absolute Gasteiger partial charge is 0.285 e. The lowest BCUT2D eigenvalue weighted by Gasteiger charge is -2.07. The van der Waals surface area contributed by atoms with E-state index in [4.69, 9.17) is 5.11 Å². The lowest BCUT2D eigenvalue weighted by molar-refractivity contribution is -0.385. The number of aromatic hydroxyl groups is 1. The second-order valence-corrected chi connectivity index (χ2v) is 4.80. The molecule has 0 saturated heterocycles. The van der Waals surface area contributed by atoms with Crippen LogP contribution >= 0.6 is 15.9 Å². The Kier molecular flexibility index (Phi) is 4.01. The average Bonchev–Trinajstić information content (AvgIpc) is 2.39. The first-order valence-corrected chi connectivity index (χ1v) is 6.31. The third-order valence-corrected chi connectivity index (χ3v) is 3.25. The second kappa shape index (κ2) is 5.71. The molecule has 0 atom stereocenters. The number of anilines is 1. The maximum atomic E-state index is 10.8. The number of hydrogen-bond acceptors (Lipinski definition) is 4. The van der Waals surface area contributed by atoms with Crippen molar-refractivity contribution >= 4 is 27.3 Å². The molecule has 0 aliphatic carbocycles. The quantitative estimate of drug-likeness (QED) is 0.665. The zero-order valence-corrected chi connectivity index (χ0v) is 11.4. The molecule has 0 heterocycles. The van der Waals surface area contributed by atoms with Crippen LogP contribution in [0.2, 0.25) is 0 Å². The first-order chi connectivity index (χ1) is 9.06. The molecule has 0 spiro atoms. The van der Waals surface area contributed by atoms with Gasteiger partial charge in [-0.3, -0.25) is 10.1 Å². The maximum Gasteiger partial charge on any atom is 0.285 e. The lowest BCUT2D eigenvalue weighted by Crippen LogP contribution is -2.00. The normalized spacial score (nSPS) is 10.2. The Labute approximate surface area is 118 Å². The van der Waals surface area contributed by atoms with Crippen LogP contribution in [0, 0.1) is 10.1 Å². The molecule has 2 aromatic rings. The Hall–Kier alpha value is -2.08. The van der Waals surface area contributed by atoms with Crippen LogP contribution in [0.1, 0.15) is 5.56 Å². The van der Waals surface area contributed by atoms with Gasteiger partial charge in [-0.1, -0.05) is 12.1 Å². The molecule has 0 aliphatic rings. The van der Waals surface area contributed by atoms with Crippen LogP contribution in [0.25, 0.3) is 0 Å². The van der Waals surface area contributed by atoms with Gasteiger partial charge in [0.25, 0.3) is 5.69 Å². The van der Waals surface area contributed by atoms with E-state index in [2.05, 4.69) is 21.2 Å². The van der Waals surface area contributed by atoms with Crippen molar-refractivity contribution in [3.8, 4) is 5.75 Å². The summed E-state index contributed by atoms with van der Waals surface area (Å²) in [6, 6.07) is 11.6. The van der Waals surface area contributed by atoms with Crippen LogP contribution in [-0.4, -0.2) is 10.0 Å². The number of nitro groups is 1. The summed E-state index contributed by atoms with van der Waals surface area (Å²) >= 11 is 3.14. The van der Waals surface area contributed by atoms with E-state index in [1.807, 2.05) is 0 Å². The first kappa shape index (κ1) is 13.4. The molecule has 0 fully saturated rings. The second-order valence-electron chi connectivity index (χ2n) is 3.94. The fourth-order valence-corrected chi connectivity index (χ4v) is 1.97. The highest BCUT2D eigenvalue weighted by Crippen LogP contribution is 2.28. The Bertz CT molecular complexity index is 599. The topological polar surface area (TPSA) is 75.4 Å². The summed E-state index contributed by atoms with van der Waals surface area (Å²) in [6.45, 7) is 0.527. The van der Waals surface area contributed by atoms with Crippen molar-refractivity contribution in [2.75, 3.05) is 5.32 Å². The minimum absolute atomic E-state index is 0.0238. The summed E-state index contributed by atoms with van der Waals surface area (Å²) in [5.74, 6) is 0.211. The van der Waals surface area contributed by atoms with Crippen LogP contribution in [0.3, 0.4) is 0 Å². The Balaban J connectivity index is 2.09. The highest BCUT2D eigenvalue weighted by Gasteiger charge is 2.11. The summed E-state index contributed by atoms with van der Waals surface area (Å²) in [4.78, 5) is 10.4. The van der Waals surface area contributed by atoms with E-state index in [1.54, 1.807) is 36.4 Å². The number of nitro benzene ring substituents is 1. The zero-order valence-electron chi connectivity index (χ0n) is 9.84. The van der Waals surface area contributed by atoms with E-state index < -0.39 is 4.92 Å². The zero-order chi connectivity index (χ0) is 13.8. The van der Waals surface area contributed by atoms with Gasteiger partial charge in [0.05, 0.1) is 9.40 Å². The van der Waals surface area contributed by atoms with Crippen LogP contribution in [0.5, 0.6) is 5.75 Å². The molecule has 0 bridgehead atoms. The molecule has 5 nitrogen and oxygen atoms in total. The third kappa shape index (κ3) is 3.45. The molecule has 0 unspecified atom stereocenters. The van der Waals surface area contributed by atoms with E-state index in [0.29, 0.717) is 16.7 Å². The van der Waals surface area contributed by atoms with Crippen molar-refractivity contribution in [1.29, 1.82) is 0 Å². The molecule has 6 heteroatoms. The molecule has 2 N–H and O–H groups in total. The number of nitrogens with one attached hydrogen (secondary N) is 1. The fourth-order valence-electron chi connectivity index (χ4n) is 1.58. The van der Waals surface area contributed by atoms with Crippen molar-refractivity contribution < 1.29 is 10.0 Å². The van der Waals surface area contributed by atoms with Crippen molar-refractivity contribution in [1.82, 2.24) is 0 Å². The van der Waals surface area contributed by atoms with Gasteiger partial charge >= 0.3 is 0 Å². The van der Waals surface area contributed by atoms with Gasteiger partial charge in [0.15, 0.2) is 0 Å². The third-order valence-electron chi connectivity index (χ3n) is 2.58. The number of phenols is 1. The van der Waals surface area contributed by atoms with Gasteiger partial charge in [0, 0.05) is 18.3 Å². The largest absolute Gasteiger partial charge is 0.508 e. The van der Waals surface area contributed by atoms with Gasteiger partial charge in [-0.25, -0.2) is 0 Å².